The van der Waals surface area contributed by atoms with Gasteiger partial charge in [-0.3, -0.25) is 9.59 Å². The molecule has 0 unspecified atom stereocenters. The van der Waals surface area contributed by atoms with Crippen LogP contribution in [-0.2, 0) is 22.6 Å². The van der Waals surface area contributed by atoms with E-state index in [-0.39, 0.29) is 17.7 Å². The van der Waals surface area contributed by atoms with Crippen molar-refractivity contribution in [3.8, 4) is 0 Å². The van der Waals surface area contributed by atoms with Gasteiger partial charge in [-0.1, -0.05) is 67.4 Å². The minimum Gasteiger partial charge on any atom is -0.326 e. The lowest BCUT2D eigenvalue weighted by Crippen LogP contribution is -2.35. The molecule has 2 amide bonds. The summed E-state index contributed by atoms with van der Waals surface area (Å²) in [6, 6.07) is 25.5. The van der Waals surface area contributed by atoms with Gasteiger partial charge in [-0.05, 0) is 60.7 Å². The fourth-order valence-electron chi connectivity index (χ4n) is 4.35. The Bertz CT molecular complexity index is 1050. The van der Waals surface area contributed by atoms with Gasteiger partial charge in [0, 0.05) is 17.3 Å². The Morgan fingerprint density at radius 2 is 1.53 bits per heavy atom. The van der Waals surface area contributed by atoms with Crippen molar-refractivity contribution in [2.24, 2.45) is 5.92 Å². The summed E-state index contributed by atoms with van der Waals surface area (Å²) in [5.74, 6) is 0.262. The monoisotopic (exact) mass is 426 g/mol. The largest absolute Gasteiger partial charge is 0.326 e. The Kier molecular flexibility index (Phi) is 7.00. The predicted molar refractivity (Wildman–Crippen MR) is 130 cm³/mol. The molecule has 1 aliphatic rings. The normalized spacial score (nSPS) is 13.7. The summed E-state index contributed by atoms with van der Waals surface area (Å²) in [6.45, 7) is 2.65. The highest BCUT2D eigenvalue weighted by Crippen LogP contribution is 2.30. The fraction of sp³-hybridized carbons (Fsp3) is 0.286. The summed E-state index contributed by atoms with van der Waals surface area (Å²) in [5, 5.41) is 2.92. The zero-order valence-electron chi connectivity index (χ0n) is 18.6. The quantitative estimate of drug-likeness (QED) is 0.511. The maximum Gasteiger partial charge on any atom is 0.230 e. The number of benzene rings is 3. The third-order valence-corrected chi connectivity index (χ3v) is 6.23. The van der Waals surface area contributed by atoms with Crippen molar-refractivity contribution < 1.29 is 9.59 Å². The lowest BCUT2D eigenvalue weighted by molar-refractivity contribution is -0.122. The first kappa shape index (κ1) is 21.8. The minimum atomic E-state index is -0.0530. The molecule has 32 heavy (non-hydrogen) atoms. The standard InChI is InChI=1S/C28H30N2O2/c1-21-9-5-6-12-24(21)20-30(28(32)23-10-7-8-11-23)26-17-15-22(16-18-26)19-27(31)29-25-13-3-2-4-14-25/h2-6,9,12-18,23H,7-8,10-11,19-20H2,1H3,(H,29,31). The van der Waals surface area contributed by atoms with Crippen molar-refractivity contribution in [2.75, 3.05) is 10.2 Å². The first-order valence-corrected chi connectivity index (χ1v) is 11.4. The number of nitrogens with zero attached hydrogens (tertiary/aromatic N) is 1. The van der Waals surface area contributed by atoms with E-state index in [1.54, 1.807) is 0 Å². The van der Waals surface area contributed by atoms with E-state index in [2.05, 4.69) is 24.4 Å². The summed E-state index contributed by atoms with van der Waals surface area (Å²) >= 11 is 0. The highest BCUT2D eigenvalue weighted by atomic mass is 16.2. The number of amides is 2. The Labute approximate surface area is 190 Å². The van der Waals surface area contributed by atoms with Crippen molar-refractivity contribution in [1.29, 1.82) is 0 Å². The van der Waals surface area contributed by atoms with Crippen LogP contribution in [0.2, 0.25) is 0 Å². The Balaban J connectivity index is 1.50. The zero-order chi connectivity index (χ0) is 22.3. The molecule has 4 heteroatoms. The molecule has 0 bridgehead atoms. The van der Waals surface area contributed by atoms with Gasteiger partial charge in [0.15, 0.2) is 0 Å². The van der Waals surface area contributed by atoms with E-state index in [1.807, 2.05) is 71.6 Å². The molecule has 1 saturated carbocycles. The number of hydrogen-bond donors (Lipinski definition) is 1. The van der Waals surface area contributed by atoms with E-state index in [9.17, 15) is 9.59 Å². The van der Waals surface area contributed by atoms with Crippen LogP contribution in [0.3, 0.4) is 0 Å². The molecule has 0 atom stereocenters. The van der Waals surface area contributed by atoms with E-state index in [4.69, 9.17) is 0 Å². The number of carbonyl (C=O) groups excluding carboxylic acids is 2. The second kappa shape index (κ2) is 10.3. The van der Waals surface area contributed by atoms with Crippen LogP contribution >= 0.6 is 0 Å². The number of carbonyl (C=O) groups is 2. The average Bonchev–Trinajstić information content (AvgIpc) is 3.34. The van der Waals surface area contributed by atoms with Crippen LogP contribution in [0.5, 0.6) is 0 Å². The molecule has 0 heterocycles. The third kappa shape index (κ3) is 5.44. The van der Waals surface area contributed by atoms with E-state index < -0.39 is 0 Å². The van der Waals surface area contributed by atoms with Gasteiger partial charge in [0.05, 0.1) is 13.0 Å². The Morgan fingerprint density at radius 1 is 0.875 bits per heavy atom. The molecule has 0 saturated heterocycles. The van der Waals surface area contributed by atoms with E-state index >= 15 is 0 Å². The molecule has 3 aromatic carbocycles. The summed E-state index contributed by atoms with van der Waals surface area (Å²) < 4.78 is 0. The van der Waals surface area contributed by atoms with Crippen molar-refractivity contribution in [3.05, 3.63) is 95.6 Å². The van der Waals surface area contributed by atoms with Crippen LogP contribution in [0.4, 0.5) is 11.4 Å². The molecule has 164 valence electrons. The fourth-order valence-corrected chi connectivity index (χ4v) is 4.35. The summed E-state index contributed by atoms with van der Waals surface area (Å²) in [6.07, 6.45) is 4.50. The number of anilines is 2. The average molecular weight is 427 g/mol. The Morgan fingerprint density at radius 3 is 2.22 bits per heavy atom. The molecular weight excluding hydrogens is 396 g/mol. The Hall–Kier alpha value is -3.40. The van der Waals surface area contributed by atoms with Crippen LogP contribution in [0.15, 0.2) is 78.9 Å². The topological polar surface area (TPSA) is 49.4 Å². The maximum atomic E-state index is 13.4. The second-order valence-electron chi connectivity index (χ2n) is 8.59. The van der Waals surface area contributed by atoms with Crippen LogP contribution in [0.25, 0.3) is 0 Å². The van der Waals surface area contributed by atoms with Crippen LogP contribution < -0.4 is 10.2 Å². The predicted octanol–water partition coefficient (Wildman–Crippen LogP) is 5.90. The second-order valence-corrected chi connectivity index (χ2v) is 8.59. The lowest BCUT2D eigenvalue weighted by Gasteiger charge is -2.27. The molecule has 4 nitrogen and oxygen atoms in total. The van der Waals surface area contributed by atoms with Gasteiger partial charge < -0.3 is 10.2 Å². The van der Waals surface area contributed by atoms with Gasteiger partial charge in [-0.15, -0.1) is 0 Å². The molecule has 0 aromatic heterocycles. The highest BCUT2D eigenvalue weighted by Gasteiger charge is 2.28. The SMILES string of the molecule is Cc1ccccc1CN(C(=O)C1CCCC1)c1ccc(CC(=O)Nc2ccccc2)cc1. The van der Waals surface area contributed by atoms with Gasteiger partial charge in [-0.25, -0.2) is 0 Å². The molecule has 4 rings (SSSR count). The number of rotatable bonds is 7. The van der Waals surface area contributed by atoms with E-state index in [0.29, 0.717) is 13.0 Å². The minimum absolute atomic E-state index is 0.0530. The number of hydrogen-bond acceptors (Lipinski definition) is 2. The first-order valence-electron chi connectivity index (χ1n) is 11.4. The molecule has 1 fully saturated rings. The van der Waals surface area contributed by atoms with Gasteiger partial charge in [0.1, 0.15) is 0 Å². The molecule has 0 radical (unpaired) electrons. The molecule has 1 N–H and O–H groups in total. The van der Waals surface area contributed by atoms with E-state index in [0.717, 1.165) is 48.2 Å². The van der Waals surface area contributed by atoms with Crippen LogP contribution in [-0.4, -0.2) is 11.8 Å². The van der Waals surface area contributed by atoms with Crippen molar-refractivity contribution in [3.63, 3.8) is 0 Å². The highest BCUT2D eigenvalue weighted by molar-refractivity contribution is 5.95. The maximum absolute atomic E-state index is 13.4. The summed E-state index contributed by atoms with van der Waals surface area (Å²) in [4.78, 5) is 27.7. The smallest absolute Gasteiger partial charge is 0.230 e. The lowest BCUT2D eigenvalue weighted by atomic mass is 10.0. The molecular formula is C28H30N2O2. The van der Waals surface area contributed by atoms with Gasteiger partial charge in [0.25, 0.3) is 0 Å². The number of para-hydroxylation sites is 1. The van der Waals surface area contributed by atoms with Crippen molar-refractivity contribution in [1.82, 2.24) is 0 Å². The van der Waals surface area contributed by atoms with Crippen LogP contribution in [0, 0.1) is 12.8 Å². The molecule has 0 aliphatic heterocycles. The van der Waals surface area contributed by atoms with Gasteiger partial charge >= 0.3 is 0 Å². The first-order chi connectivity index (χ1) is 15.6. The number of nitrogens with one attached hydrogen (secondary N) is 1. The van der Waals surface area contributed by atoms with Gasteiger partial charge in [-0.2, -0.15) is 0 Å². The summed E-state index contributed by atoms with van der Waals surface area (Å²) in [5.41, 5.74) is 4.94. The van der Waals surface area contributed by atoms with Crippen molar-refractivity contribution in [2.45, 2.75) is 45.6 Å². The van der Waals surface area contributed by atoms with Crippen molar-refractivity contribution >= 4 is 23.2 Å². The summed E-state index contributed by atoms with van der Waals surface area (Å²) in [7, 11) is 0. The van der Waals surface area contributed by atoms with Crippen LogP contribution in [0.1, 0.15) is 42.4 Å². The molecule has 3 aromatic rings. The van der Waals surface area contributed by atoms with E-state index in [1.165, 1.54) is 5.56 Å². The third-order valence-electron chi connectivity index (χ3n) is 6.23. The zero-order valence-corrected chi connectivity index (χ0v) is 18.6. The number of aryl methyl sites for hydroxylation is 1. The molecule has 1 aliphatic carbocycles. The molecule has 0 spiro atoms. The van der Waals surface area contributed by atoms with Gasteiger partial charge in [0.2, 0.25) is 11.8 Å².